The van der Waals surface area contributed by atoms with Crippen LogP contribution >= 0.6 is 11.5 Å². The van der Waals surface area contributed by atoms with Gasteiger partial charge in [0.25, 0.3) is 0 Å². The molecule has 0 saturated carbocycles. The van der Waals surface area contributed by atoms with E-state index in [2.05, 4.69) is 19.1 Å². The molecular formula is C13H15F3N4OS2. The second kappa shape index (κ2) is 7.56. The monoisotopic (exact) mass is 364 g/mol. The van der Waals surface area contributed by atoms with Gasteiger partial charge in [0.2, 0.25) is 0 Å². The average molecular weight is 364 g/mol. The number of rotatable bonds is 6. The van der Waals surface area contributed by atoms with Gasteiger partial charge in [0, 0.05) is 23.1 Å². The highest BCUT2D eigenvalue weighted by atomic mass is 32.2. The molecule has 2 rings (SSSR count). The zero-order valence-corrected chi connectivity index (χ0v) is 14.1. The molecule has 1 N–H and O–H groups in total. The Morgan fingerprint density at radius 3 is 2.83 bits per heavy atom. The number of halogens is 3. The van der Waals surface area contributed by atoms with Crippen LogP contribution in [0.15, 0.2) is 18.3 Å². The van der Waals surface area contributed by atoms with Crippen molar-refractivity contribution in [1.82, 2.24) is 19.1 Å². The molecule has 0 spiro atoms. The van der Waals surface area contributed by atoms with Crippen LogP contribution in [0.2, 0.25) is 0 Å². The minimum Gasteiger partial charge on any atom is -0.598 e. The normalized spacial score (nSPS) is 14.7. The Kier molecular flexibility index (Phi) is 5.95. The highest BCUT2D eigenvalue weighted by molar-refractivity contribution is 7.89. The number of pyridine rings is 1. The van der Waals surface area contributed by atoms with Gasteiger partial charge in [-0.2, -0.15) is 17.5 Å². The van der Waals surface area contributed by atoms with Crippen molar-refractivity contribution in [3.05, 3.63) is 29.0 Å². The van der Waals surface area contributed by atoms with Crippen LogP contribution in [0.4, 0.5) is 13.2 Å². The molecule has 2 heterocycles. The first-order valence-corrected chi connectivity index (χ1v) is 8.92. The van der Waals surface area contributed by atoms with E-state index in [0.717, 1.165) is 30.2 Å². The Hall–Kier alpha value is -1.23. The minimum atomic E-state index is -4.51. The summed E-state index contributed by atoms with van der Waals surface area (Å²) in [5, 5.41) is 0.565. The smallest absolute Gasteiger partial charge is 0.433 e. The molecule has 23 heavy (non-hydrogen) atoms. The standard InChI is InChI=1S/C13H15F3N4OS2/c1-3-6-23(21)20-8(2)12-18-11(19-22-12)9-4-5-17-10(7-9)13(14,15)16/h4-5,7-8,20H,3,6H2,1-2H3/t8-,23?/m1/s1. The number of nitrogens with zero attached hydrogens (tertiary/aromatic N) is 3. The SMILES string of the molecule is CCC[S+]([O-])N[C@H](C)c1nc(-c2ccnc(C(F)(F)F)c2)ns1. The first-order valence-electron chi connectivity index (χ1n) is 6.83. The summed E-state index contributed by atoms with van der Waals surface area (Å²) in [6, 6.07) is 2.05. The fourth-order valence-electron chi connectivity index (χ4n) is 1.74. The Morgan fingerprint density at radius 2 is 2.17 bits per heavy atom. The van der Waals surface area contributed by atoms with Gasteiger partial charge in [0.05, 0.1) is 0 Å². The zero-order chi connectivity index (χ0) is 17.0. The first-order chi connectivity index (χ1) is 10.8. The number of hydrogen-bond acceptors (Lipinski definition) is 6. The summed E-state index contributed by atoms with van der Waals surface area (Å²) in [5.74, 6) is 0.725. The van der Waals surface area contributed by atoms with Gasteiger partial charge in [-0.25, -0.2) is 4.98 Å². The minimum absolute atomic E-state index is 0.202. The molecule has 0 fully saturated rings. The van der Waals surface area contributed by atoms with Crippen LogP contribution in [-0.2, 0) is 17.5 Å². The zero-order valence-electron chi connectivity index (χ0n) is 12.4. The summed E-state index contributed by atoms with van der Waals surface area (Å²) in [6.07, 6.45) is -2.65. The fourth-order valence-corrected chi connectivity index (χ4v) is 3.48. The molecule has 0 radical (unpaired) electrons. The van der Waals surface area contributed by atoms with Crippen LogP contribution < -0.4 is 4.72 Å². The topological polar surface area (TPSA) is 73.8 Å². The van der Waals surface area contributed by atoms with Gasteiger partial charge >= 0.3 is 6.18 Å². The fraction of sp³-hybridized carbons (Fsp3) is 0.462. The summed E-state index contributed by atoms with van der Waals surface area (Å²) in [6.45, 7) is 3.71. The molecule has 5 nitrogen and oxygen atoms in total. The molecule has 0 amide bonds. The Bertz CT molecular complexity index is 650. The van der Waals surface area contributed by atoms with Gasteiger partial charge in [0.1, 0.15) is 22.5 Å². The molecule has 126 valence electrons. The van der Waals surface area contributed by atoms with E-state index in [4.69, 9.17) is 0 Å². The molecule has 1 unspecified atom stereocenters. The third-order valence-electron chi connectivity index (χ3n) is 2.82. The summed E-state index contributed by atoms with van der Waals surface area (Å²) < 4.78 is 56.7. The van der Waals surface area contributed by atoms with Crippen LogP contribution in [0.5, 0.6) is 0 Å². The molecule has 2 aromatic heterocycles. The molecule has 0 aromatic carbocycles. The van der Waals surface area contributed by atoms with Gasteiger partial charge in [0.15, 0.2) is 5.82 Å². The molecule has 0 aliphatic heterocycles. The van der Waals surface area contributed by atoms with E-state index in [1.165, 1.54) is 6.07 Å². The van der Waals surface area contributed by atoms with E-state index in [9.17, 15) is 17.7 Å². The number of nitrogens with one attached hydrogen (secondary N) is 1. The average Bonchev–Trinajstić information content (AvgIpc) is 2.96. The van der Waals surface area contributed by atoms with E-state index in [1.807, 2.05) is 6.92 Å². The van der Waals surface area contributed by atoms with Crippen LogP contribution in [0, 0.1) is 0 Å². The van der Waals surface area contributed by atoms with E-state index in [0.29, 0.717) is 10.8 Å². The predicted molar refractivity (Wildman–Crippen MR) is 83.0 cm³/mol. The van der Waals surface area contributed by atoms with E-state index >= 15 is 0 Å². The summed E-state index contributed by atoms with van der Waals surface area (Å²) >= 11 is -0.105. The lowest BCUT2D eigenvalue weighted by atomic mass is 10.2. The third-order valence-corrected chi connectivity index (χ3v) is 5.11. The Morgan fingerprint density at radius 1 is 1.43 bits per heavy atom. The predicted octanol–water partition coefficient (Wildman–Crippen LogP) is 3.34. The largest absolute Gasteiger partial charge is 0.598 e. The number of alkyl halides is 3. The summed E-state index contributed by atoms with van der Waals surface area (Å²) in [4.78, 5) is 7.54. The molecule has 10 heteroatoms. The quantitative estimate of drug-likeness (QED) is 0.796. The van der Waals surface area contributed by atoms with Crippen LogP contribution in [-0.4, -0.2) is 24.6 Å². The molecule has 0 aliphatic carbocycles. The second-order valence-electron chi connectivity index (χ2n) is 4.77. The van der Waals surface area contributed by atoms with Gasteiger partial charge in [-0.1, -0.05) is 6.92 Å². The summed E-state index contributed by atoms with van der Waals surface area (Å²) in [7, 11) is 0. The van der Waals surface area contributed by atoms with Crippen molar-refractivity contribution in [2.75, 3.05) is 5.75 Å². The molecule has 0 bridgehead atoms. The van der Waals surface area contributed by atoms with Crippen molar-refractivity contribution < 1.29 is 17.7 Å². The lowest BCUT2D eigenvalue weighted by Gasteiger charge is -2.13. The van der Waals surface area contributed by atoms with Gasteiger partial charge in [-0.3, -0.25) is 4.98 Å². The van der Waals surface area contributed by atoms with Gasteiger partial charge < -0.3 is 4.55 Å². The van der Waals surface area contributed by atoms with Gasteiger partial charge in [-0.15, -0.1) is 4.72 Å². The van der Waals surface area contributed by atoms with E-state index < -0.39 is 23.2 Å². The van der Waals surface area contributed by atoms with Gasteiger partial charge in [-0.05, 0) is 37.0 Å². The van der Waals surface area contributed by atoms with E-state index in [1.54, 1.807) is 6.92 Å². The maximum atomic E-state index is 12.7. The van der Waals surface area contributed by atoms with Crippen LogP contribution in [0.1, 0.15) is 37.0 Å². The van der Waals surface area contributed by atoms with Crippen molar-refractivity contribution in [3.63, 3.8) is 0 Å². The molecule has 2 aromatic rings. The second-order valence-corrected chi connectivity index (χ2v) is 6.89. The maximum Gasteiger partial charge on any atom is 0.433 e. The van der Waals surface area contributed by atoms with Crippen LogP contribution in [0.25, 0.3) is 11.4 Å². The highest BCUT2D eigenvalue weighted by Crippen LogP contribution is 2.30. The Balaban J connectivity index is 2.16. The Labute approximate surface area is 138 Å². The van der Waals surface area contributed by atoms with Crippen molar-refractivity contribution in [1.29, 1.82) is 0 Å². The lowest BCUT2D eigenvalue weighted by molar-refractivity contribution is -0.141. The van der Waals surface area contributed by atoms with E-state index in [-0.39, 0.29) is 17.4 Å². The molecule has 0 saturated heterocycles. The molecule has 2 atom stereocenters. The van der Waals surface area contributed by atoms with Crippen molar-refractivity contribution in [3.8, 4) is 11.4 Å². The van der Waals surface area contributed by atoms with Crippen molar-refractivity contribution >= 4 is 22.9 Å². The molecular weight excluding hydrogens is 349 g/mol. The highest BCUT2D eigenvalue weighted by Gasteiger charge is 2.32. The molecule has 0 aliphatic rings. The number of hydrogen-bond donors (Lipinski definition) is 1. The maximum absolute atomic E-state index is 12.7. The third kappa shape index (κ3) is 4.87. The number of aromatic nitrogens is 3. The lowest BCUT2D eigenvalue weighted by Crippen LogP contribution is -2.28. The van der Waals surface area contributed by atoms with Crippen molar-refractivity contribution in [2.45, 2.75) is 32.5 Å². The summed E-state index contributed by atoms with van der Waals surface area (Å²) in [5.41, 5.74) is -0.738. The van der Waals surface area contributed by atoms with Crippen LogP contribution in [0.3, 0.4) is 0 Å². The van der Waals surface area contributed by atoms with Crippen molar-refractivity contribution in [2.24, 2.45) is 0 Å². The first kappa shape index (κ1) is 18.1.